The van der Waals surface area contributed by atoms with Crippen LogP contribution in [0.2, 0.25) is 0 Å². The Balaban J connectivity index is 5.31. The van der Waals surface area contributed by atoms with Crippen LogP contribution in [0, 0.1) is 5.41 Å². The van der Waals surface area contributed by atoms with Gasteiger partial charge in [0.25, 0.3) is 0 Å². The van der Waals surface area contributed by atoms with Gasteiger partial charge in [0, 0.05) is 0 Å². The van der Waals surface area contributed by atoms with Crippen LogP contribution in [0.4, 0.5) is 0 Å². The molecule has 0 aliphatic heterocycles. The first-order chi connectivity index (χ1) is 13.0. The normalized spacial score (nSPS) is 14.2. The highest BCUT2D eigenvalue weighted by molar-refractivity contribution is 5.81. The van der Waals surface area contributed by atoms with Crippen LogP contribution in [0.25, 0.3) is 0 Å². The van der Waals surface area contributed by atoms with Crippen LogP contribution in [0.3, 0.4) is 0 Å². The van der Waals surface area contributed by atoms with Crippen LogP contribution in [-0.4, -0.2) is 22.2 Å². The molecule has 28 heavy (non-hydrogen) atoms. The zero-order valence-electron chi connectivity index (χ0n) is 18.5. The molecule has 0 heterocycles. The van der Waals surface area contributed by atoms with Crippen LogP contribution >= 0.6 is 0 Å². The van der Waals surface area contributed by atoms with E-state index in [1.54, 1.807) is 0 Å². The number of allylic oxidation sites excluding steroid dienone is 8. The maximum absolute atomic E-state index is 12.0. The molecule has 4 heteroatoms. The summed E-state index contributed by atoms with van der Waals surface area (Å²) in [5.41, 5.74) is 3.40. The fourth-order valence-electron chi connectivity index (χ4n) is 2.89. The van der Waals surface area contributed by atoms with Gasteiger partial charge in [0.05, 0.1) is 11.8 Å². The Kier molecular flexibility index (Phi) is 12.2. The molecule has 4 nitrogen and oxygen atoms in total. The van der Waals surface area contributed by atoms with Gasteiger partial charge >= 0.3 is 11.9 Å². The van der Waals surface area contributed by atoms with E-state index in [1.807, 2.05) is 53.7 Å². The fraction of sp³-hybridized carbons (Fsp3) is 0.583. The molecule has 0 amide bonds. The number of aliphatic carboxylic acids is 2. The largest absolute Gasteiger partial charge is 0.481 e. The summed E-state index contributed by atoms with van der Waals surface area (Å²) in [4.78, 5) is 23.4. The fourth-order valence-corrected chi connectivity index (χ4v) is 2.89. The van der Waals surface area contributed by atoms with E-state index in [4.69, 9.17) is 0 Å². The monoisotopic (exact) mass is 390 g/mol. The van der Waals surface area contributed by atoms with Gasteiger partial charge in [-0.3, -0.25) is 9.59 Å². The average Bonchev–Trinajstić information content (AvgIpc) is 2.56. The van der Waals surface area contributed by atoms with Gasteiger partial charge in [-0.05, 0) is 80.1 Å². The van der Waals surface area contributed by atoms with Gasteiger partial charge in [-0.2, -0.15) is 0 Å². The number of carboxylic acids is 2. The molecule has 0 rings (SSSR count). The molecule has 0 fully saturated rings. The minimum absolute atomic E-state index is 0.229. The lowest BCUT2D eigenvalue weighted by atomic mass is 9.77. The molecule has 0 saturated carbocycles. The molecule has 158 valence electrons. The summed E-state index contributed by atoms with van der Waals surface area (Å²) in [6, 6.07) is 0. The summed E-state index contributed by atoms with van der Waals surface area (Å²) in [6.07, 6.45) is 11.7. The molecule has 0 aromatic rings. The zero-order valence-corrected chi connectivity index (χ0v) is 18.5. The van der Waals surface area contributed by atoms with Crippen molar-refractivity contribution in [3.63, 3.8) is 0 Å². The van der Waals surface area contributed by atoms with Crippen molar-refractivity contribution in [2.24, 2.45) is 5.41 Å². The Hall–Kier alpha value is -2.10. The van der Waals surface area contributed by atoms with Gasteiger partial charge in [-0.15, -0.1) is 0 Å². The highest BCUT2D eigenvalue weighted by atomic mass is 16.4. The first-order valence-electron chi connectivity index (χ1n) is 10.0. The lowest BCUT2D eigenvalue weighted by molar-refractivity contribution is -0.155. The van der Waals surface area contributed by atoms with E-state index >= 15 is 0 Å². The van der Waals surface area contributed by atoms with Crippen LogP contribution < -0.4 is 0 Å². The van der Waals surface area contributed by atoms with E-state index in [0.29, 0.717) is 0 Å². The highest BCUT2D eigenvalue weighted by Crippen LogP contribution is 2.34. The Labute approximate surface area is 170 Å². The number of rotatable bonds is 13. The zero-order chi connectivity index (χ0) is 21.7. The van der Waals surface area contributed by atoms with Crippen molar-refractivity contribution in [2.75, 3.05) is 0 Å². The third-order valence-electron chi connectivity index (χ3n) is 4.81. The second-order valence-electron chi connectivity index (χ2n) is 8.31. The predicted octanol–water partition coefficient (Wildman–Crippen LogP) is 6.70. The van der Waals surface area contributed by atoms with E-state index in [9.17, 15) is 19.8 Å². The maximum atomic E-state index is 12.0. The molecule has 2 N–H and O–H groups in total. The van der Waals surface area contributed by atoms with Crippen molar-refractivity contribution < 1.29 is 19.8 Å². The number of hydrogen-bond acceptors (Lipinski definition) is 2. The Morgan fingerprint density at radius 1 is 0.714 bits per heavy atom. The third kappa shape index (κ3) is 11.6. The number of carbonyl (C=O) groups is 2. The molecule has 0 aliphatic carbocycles. The first kappa shape index (κ1) is 25.9. The third-order valence-corrected chi connectivity index (χ3v) is 4.81. The topological polar surface area (TPSA) is 74.6 Å². The molecular weight excluding hydrogens is 352 g/mol. The van der Waals surface area contributed by atoms with Crippen LogP contribution in [0.5, 0.6) is 0 Å². The van der Waals surface area contributed by atoms with Crippen molar-refractivity contribution in [1.82, 2.24) is 0 Å². The maximum Gasteiger partial charge on any atom is 0.310 e. The second-order valence-corrected chi connectivity index (χ2v) is 8.31. The van der Waals surface area contributed by atoms with Crippen molar-refractivity contribution in [1.29, 1.82) is 0 Å². The standard InChI is InChI=1S/C24H38O4/c1-18(2)9-7-11-20(5)13-15-24(23(27)28,17-22(25)26)16-14-21(6)12-8-10-19(3)4/h9-10,13-14H,7-8,11-12,15-17H2,1-6H3,(H,25,26)(H,27,28). The molecule has 0 unspecified atom stereocenters. The smallest absolute Gasteiger partial charge is 0.310 e. The molecular formula is C24H38O4. The van der Waals surface area contributed by atoms with Crippen molar-refractivity contribution >= 4 is 11.9 Å². The average molecular weight is 391 g/mol. The van der Waals surface area contributed by atoms with Crippen LogP contribution in [0.15, 0.2) is 46.6 Å². The summed E-state index contributed by atoms with van der Waals surface area (Å²) >= 11 is 0. The summed E-state index contributed by atoms with van der Waals surface area (Å²) in [5, 5.41) is 19.2. The number of carboxylic acid groups (broad SMARTS) is 2. The Bertz CT molecular complexity index is 600. The second kappa shape index (κ2) is 13.1. The number of hydrogen-bond donors (Lipinski definition) is 2. The van der Waals surface area contributed by atoms with Crippen molar-refractivity contribution in [2.45, 2.75) is 86.5 Å². The van der Waals surface area contributed by atoms with E-state index in [-0.39, 0.29) is 19.3 Å². The quantitative estimate of drug-likeness (QED) is 0.343. The summed E-state index contributed by atoms with van der Waals surface area (Å²) in [6.45, 7) is 12.2. The van der Waals surface area contributed by atoms with Crippen LogP contribution in [0.1, 0.15) is 86.5 Å². The van der Waals surface area contributed by atoms with E-state index in [1.165, 1.54) is 11.1 Å². The highest BCUT2D eigenvalue weighted by Gasteiger charge is 2.39. The van der Waals surface area contributed by atoms with E-state index in [2.05, 4.69) is 12.2 Å². The summed E-state index contributed by atoms with van der Waals surface area (Å²) in [7, 11) is 0. The molecule has 0 bridgehead atoms. The predicted molar refractivity (Wildman–Crippen MR) is 116 cm³/mol. The van der Waals surface area contributed by atoms with Gasteiger partial charge in [-0.25, -0.2) is 0 Å². The minimum Gasteiger partial charge on any atom is -0.481 e. The molecule has 0 aromatic carbocycles. The van der Waals surface area contributed by atoms with Crippen molar-refractivity contribution in [3.8, 4) is 0 Å². The van der Waals surface area contributed by atoms with Gasteiger partial charge in [0.2, 0.25) is 0 Å². The van der Waals surface area contributed by atoms with Gasteiger partial charge in [-0.1, -0.05) is 46.6 Å². The Morgan fingerprint density at radius 2 is 1.11 bits per heavy atom. The molecule has 0 atom stereocenters. The van der Waals surface area contributed by atoms with Crippen molar-refractivity contribution in [3.05, 3.63) is 46.6 Å². The molecule has 0 saturated heterocycles. The van der Waals surface area contributed by atoms with Crippen LogP contribution in [-0.2, 0) is 9.59 Å². The van der Waals surface area contributed by atoms with Gasteiger partial charge < -0.3 is 10.2 Å². The summed E-state index contributed by atoms with van der Waals surface area (Å²) < 4.78 is 0. The first-order valence-corrected chi connectivity index (χ1v) is 10.0. The molecule has 0 aliphatic rings. The van der Waals surface area contributed by atoms with Gasteiger partial charge in [0.15, 0.2) is 0 Å². The lowest BCUT2D eigenvalue weighted by Crippen LogP contribution is -2.33. The molecule has 0 aromatic heterocycles. The van der Waals surface area contributed by atoms with E-state index < -0.39 is 17.4 Å². The molecule has 0 radical (unpaired) electrons. The molecule has 0 spiro atoms. The van der Waals surface area contributed by atoms with E-state index in [0.717, 1.165) is 36.8 Å². The minimum atomic E-state index is -1.30. The Morgan fingerprint density at radius 3 is 1.39 bits per heavy atom. The summed E-state index contributed by atoms with van der Waals surface area (Å²) in [5.74, 6) is -2.12. The lowest BCUT2D eigenvalue weighted by Gasteiger charge is -2.26. The van der Waals surface area contributed by atoms with Gasteiger partial charge in [0.1, 0.15) is 0 Å². The SMILES string of the molecule is CC(C)=CCCC(C)=CCC(CC=C(C)CCC=C(C)C)(CC(=O)O)C(=O)O.